The van der Waals surface area contributed by atoms with Gasteiger partial charge in [-0.25, -0.2) is 8.42 Å². The fourth-order valence-corrected chi connectivity index (χ4v) is 4.75. The summed E-state index contributed by atoms with van der Waals surface area (Å²) in [4.78, 5) is 14.6. The molecule has 26 heavy (non-hydrogen) atoms. The summed E-state index contributed by atoms with van der Waals surface area (Å²) in [6.45, 7) is 0.633. The van der Waals surface area contributed by atoms with Crippen molar-refractivity contribution in [2.24, 2.45) is 5.92 Å². The van der Waals surface area contributed by atoms with E-state index in [2.05, 4.69) is 20.7 Å². The Hall–Kier alpha value is -1.86. The third-order valence-corrected chi connectivity index (χ3v) is 6.98. The van der Waals surface area contributed by atoms with E-state index < -0.39 is 10.0 Å². The lowest BCUT2D eigenvalue weighted by Crippen LogP contribution is -2.37. The van der Waals surface area contributed by atoms with Gasteiger partial charge in [0.25, 0.3) is 10.0 Å². The number of hydrogen-bond acceptors (Lipinski definition) is 3. The van der Waals surface area contributed by atoms with Crippen molar-refractivity contribution in [2.45, 2.75) is 30.6 Å². The highest BCUT2D eigenvalue weighted by Gasteiger charge is 2.33. The van der Waals surface area contributed by atoms with Crippen LogP contribution in [0.2, 0.25) is 0 Å². The van der Waals surface area contributed by atoms with Gasteiger partial charge >= 0.3 is 0 Å². The third kappa shape index (κ3) is 3.25. The molecule has 136 valence electrons. The van der Waals surface area contributed by atoms with E-state index in [9.17, 15) is 13.2 Å². The number of halogens is 1. The van der Waals surface area contributed by atoms with Crippen LogP contribution in [-0.4, -0.2) is 20.9 Å². The topological polar surface area (TPSA) is 66.5 Å². The van der Waals surface area contributed by atoms with Crippen LogP contribution in [0.5, 0.6) is 0 Å². The molecule has 1 amide bonds. The van der Waals surface area contributed by atoms with E-state index in [0.29, 0.717) is 18.7 Å². The number of nitrogens with zero attached hydrogens (tertiary/aromatic N) is 1. The molecule has 1 N–H and O–H groups in total. The normalized spacial score (nSPS) is 16.9. The zero-order valence-electron chi connectivity index (χ0n) is 14.1. The van der Waals surface area contributed by atoms with Gasteiger partial charge in [-0.3, -0.25) is 9.52 Å². The Labute approximate surface area is 161 Å². The van der Waals surface area contributed by atoms with Gasteiger partial charge in [0.05, 0.1) is 4.90 Å². The minimum Gasteiger partial charge on any atom is -0.312 e. The highest BCUT2D eigenvalue weighted by atomic mass is 79.9. The molecule has 2 aromatic rings. The molecule has 0 atom stereocenters. The molecule has 7 heteroatoms. The Morgan fingerprint density at radius 3 is 2.50 bits per heavy atom. The maximum atomic E-state index is 12.7. The third-order valence-electron chi connectivity index (χ3n) is 5.07. The number of hydrogen-bond donors (Lipinski definition) is 1. The van der Waals surface area contributed by atoms with Crippen LogP contribution < -0.4 is 9.62 Å². The van der Waals surface area contributed by atoms with Crippen LogP contribution in [0.15, 0.2) is 51.8 Å². The van der Waals surface area contributed by atoms with Crippen molar-refractivity contribution in [3.63, 3.8) is 0 Å². The molecule has 2 aromatic carbocycles. The minimum absolute atomic E-state index is 0.142. The second-order valence-electron chi connectivity index (χ2n) is 6.77. The Morgan fingerprint density at radius 1 is 1.12 bits per heavy atom. The van der Waals surface area contributed by atoms with Gasteiger partial charge in [0.15, 0.2) is 0 Å². The summed E-state index contributed by atoms with van der Waals surface area (Å²) >= 11 is 3.33. The van der Waals surface area contributed by atoms with Crippen LogP contribution in [0.25, 0.3) is 0 Å². The largest absolute Gasteiger partial charge is 0.312 e. The number of sulfonamides is 1. The molecule has 2 aliphatic rings. The van der Waals surface area contributed by atoms with Crippen molar-refractivity contribution < 1.29 is 13.2 Å². The molecular formula is C19H19BrN2O3S. The SMILES string of the molecule is O=C(C1CCC1)N1CCc2cc(S(=O)(=O)Nc3ccc(Br)cc3)ccc21. The van der Waals surface area contributed by atoms with Crippen molar-refractivity contribution in [1.82, 2.24) is 0 Å². The molecule has 0 bridgehead atoms. The van der Waals surface area contributed by atoms with Crippen molar-refractivity contribution in [3.05, 3.63) is 52.5 Å². The summed E-state index contributed by atoms with van der Waals surface area (Å²) in [5.74, 6) is 0.321. The fourth-order valence-electron chi connectivity index (χ4n) is 3.38. The van der Waals surface area contributed by atoms with E-state index in [0.717, 1.165) is 35.0 Å². The average Bonchev–Trinajstić information content (AvgIpc) is 2.98. The zero-order chi connectivity index (χ0) is 18.3. The number of fused-ring (bicyclic) bond motifs is 1. The first-order chi connectivity index (χ1) is 12.4. The summed E-state index contributed by atoms with van der Waals surface area (Å²) in [6.07, 6.45) is 3.74. The number of nitrogens with one attached hydrogen (secondary N) is 1. The van der Waals surface area contributed by atoms with E-state index in [1.807, 2.05) is 4.90 Å². The summed E-state index contributed by atoms with van der Waals surface area (Å²) in [6, 6.07) is 12.0. The van der Waals surface area contributed by atoms with Crippen molar-refractivity contribution in [1.29, 1.82) is 0 Å². The number of carbonyl (C=O) groups excluding carboxylic acids is 1. The lowest BCUT2D eigenvalue weighted by Gasteiger charge is -2.29. The lowest BCUT2D eigenvalue weighted by molar-refractivity contribution is -0.124. The van der Waals surface area contributed by atoms with Gasteiger partial charge in [0.1, 0.15) is 0 Å². The van der Waals surface area contributed by atoms with E-state index in [1.165, 1.54) is 0 Å². The summed E-state index contributed by atoms with van der Waals surface area (Å²) in [5, 5.41) is 0. The van der Waals surface area contributed by atoms with Crippen molar-refractivity contribution >= 4 is 43.2 Å². The molecule has 0 spiro atoms. The number of rotatable bonds is 4. The maximum absolute atomic E-state index is 12.7. The van der Waals surface area contributed by atoms with Gasteiger partial charge in [0, 0.05) is 28.3 Å². The van der Waals surface area contributed by atoms with Crippen LogP contribution >= 0.6 is 15.9 Å². The first-order valence-electron chi connectivity index (χ1n) is 8.67. The number of anilines is 2. The van der Waals surface area contributed by atoms with Gasteiger partial charge in [0.2, 0.25) is 5.91 Å². The fraction of sp³-hybridized carbons (Fsp3) is 0.316. The number of benzene rings is 2. The summed E-state index contributed by atoms with van der Waals surface area (Å²) < 4.78 is 28.8. The molecule has 1 aliphatic carbocycles. The summed E-state index contributed by atoms with van der Waals surface area (Å²) in [5.41, 5.74) is 2.27. The Morgan fingerprint density at radius 2 is 1.85 bits per heavy atom. The van der Waals surface area contributed by atoms with Crippen molar-refractivity contribution in [3.8, 4) is 0 Å². The van der Waals surface area contributed by atoms with E-state index in [1.54, 1.807) is 42.5 Å². The molecule has 4 rings (SSSR count). The molecule has 0 saturated heterocycles. The van der Waals surface area contributed by atoms with Gasteiger partial charge in [-0.2, -0.15) is 0 Å². The zero-order valence-corrected chi connectivity index (χ0v) is 16.5. The van der Waals surface area contributed by atoms with E-state index in [-0.39, 0.29) is 16.7 Å². The standard InChI is InChI=1S/C19H19BrN2O3S/c20-15-4-6-16(7-5-15)21-26(24,25)17-8-9-18-14(12-17)10-11-22(18)19(23)13-2-1-3-13/h4-9,12-13,21H,1-3,10-11H2. The van der Waals surface area contributed by atoms with Crippen LogP contribution in [0.4, 0.5) is 11.4 Å². The Kier molecular flexibility index (Phi) is 4.52. The molecule has 1 aliphatic heterocycles. The van der Waals surface area contributed by atoms with Gasteiger partial charge in [-0.05, 0) is 67.3 Å². The predicted octanol–water partition coefficient (Wildman–Crippen LogP) is 3.94. The van der Waals surface area contributed by atoms with Gasteiger partial charge in [-0.15, -0.1) is 0 Å². The smallest absolute Gasteiger partial charge is 0.261 e. The van der Waals surface area contributed by atoms with Crippen LogP contribution in [0.1, 0.15) is 24.8 Å². The first kappa shape index (κ1) is 17.5. The lowest BCUT2D eigenvalue weighted by atomic mass is 9.84. The van der Waals surface area contributed by atoms with E-state index >= 15 is 0 Å². The quantitative estimate of drug-likeness (QED) is 0.791. The van der Waals surface area contributed by atoms with Gasteiger partial charge in [-0.1, -0.05) is 22.4 Å². The number of amides is 1. The molecule has 0 radical (unpaired) electrons. The molecular weight excluding hydrogens is 416 g/mol. The van der Waals surface area contributed by atoms with E-state index in [4.69, 9.17) is 0 Å². The predicted molar refractivity (Wildman–Crippen MR) is 105 cm³/mol. The second kappa shape index (κ2) is 6.70. The molecule has 1 fully saturated rings. The number of carbonyl (C=O) groups is 1. The second-order valence-corrected chi connectivity index (χ2v) is 9.37. The highest BCUT2D eigenvalue weighted by Crippen LogP contribution is 2.35. The molecule has 0 aromatic heterocycles. The van der Waals surface area contributed by atoms with Crippen LogP contribution in [0.3, 0.4) is 0 Å². The highest BCUT2D eigenvalue weighted by molar-refractivity contribution is 9.10. The van der Waals surface area contributed by atoms with Gasteiger partial charge < -0.3 is 4.90 Å². The van der Waals surface area contributed by atoms with Crippen molar-refractivity contribution in [2.75, 3.05) is 16.2 Å². The molecule has 1 saturated carbocycles. The van der Waals surface area contributed by atoms with Crippen LogP contribution in [0, 0.1) is 5.92 Å². The minimum atomic E-state index is -3.66. The Balaban J connectivity index is 1.57. The first-order valence-corrected chi connectivity index (χ1v) is 10.9. The molecule has 0 unspecified atom stereocenters. The average molecular weight is 435 g/mol. The van der Waals surface area contributed by atoms with Crippen LogP contribution in [-0.2, 0) is 21.2 Å². The summed E-state index contributed by atoms with van der Waals surface area (Å²) in [7, 11) is -3.66. The Bertz CT molecular complexity index is 953. The molecule has 1 heterocycles. The molecule has 5 nitrogen and oxygen atoms in total. The maximum Gasteiger partial charge on any atom is 0.261 e. The monoisotopic (exact) mass is 434 g/mol.